The number of carbonyl (C=O) groups is 1. The van der Waals surface area contributed by atoms with Crippen LogP contribution in [0.3, 0.4) is 0 Å². The summed E-state index contributed by atoms with van der Waals surface area (Å²) >= 11 is 0. The molecule has 8 heteroatoms. The second kappa shape index (κ2) is 13.2. The molecule has 1 saturated heterocycles. The molecule has 1 amide bonds. The highest BCUT2D eigenvalue weighted by atomic mass is 16.5. The number of nitrogen functional groups attached to an aromatic ring is 1. The summed E-state index contributed by atoms with van der Waals surface area (Å²) in [6, 6.07) is 13.3. The first-order chi connectivity index (χ1) is 20.3. The minimum Gasteiger partial charge on any atom is -0.496 e. The number of benzene rings is 3. The Morgan fingerprint density at radius 2 is 1.64 bits per heavy atom. The quantitative estimate of drug-likeness (QED) is 0.181. The summed E-state index contributed by atoms with van der Waals surface area (Å²) in [4.78, 5) is 19.5. The summed E-state index contributed by atoms with van der Waals surface area (Å²) in [5, 5.41) is 0. The molecule has 2 N–H and O–H groups in total. The first kappa shape index (κ1) is 29.3. The highest BCUT2D eigenvalue weighted by Crippen LogP contribution is 2.36. The Hall–Kier alpha value is -4.20. The van der Waals surface area contributed by atoms with Crippen molar-refractivity contribution in [2.75, 3.05) is 32.6 Å². The van der Waals surface area contributed by atoms with Gasteiger partial charge in [0.25, 0.3) is 5.91 Å². The van der Waals surface area contributed by atoms with Gasteiger partial charge >= 0.3 is 0 Å². The number of hydrogen-bond donors (Lipinski definition) is 1. The van der Waals surface area contributed by atoms with E-state index in [0.29, 0.717) is 41.7 Å². The number of anilines is 1. The fourth-order valence-electron chi connectivity index (χ4n) is 5.45. The summed E-state index contributed by atoms with van der Waals surface area (Å²) in [7, 11) is 1.65. The molecule has 1 atom stereocenters. The maximum atomic E-state index is 13.0. The third kappa shape index (κ3) is 6.64. The van der Waals surface area contributed by atoms with Gasteiger partial charge < -0.3 is 29.6 Å². The molecule has 0 radical (unpaired) electrons. The van der Waals surface area contributed by atoms with Gasteiger partial charge in [-0.15, -0.1) is 0 Å². The van der Waals surface area contributed by atoms with Gasteiger partial charge in [-0.1, -0.05) is 0 Å². The van der Waals surface area contributed by atoms with Gasteiger partial charge in [0.1, 0.15) is 23.0 Å². The van der Waals surface area contributed by atoms with E-state index < -0.39 is 0 Å². The summed E-state index contributed by atoms with van der Waals surface area (Å²) in [5.41, 5.74) is 11.2. The number of methoxy groups -OCH3 is 1. The van der Waals surface area contributed by atoms with Crippen molar-refractivity contribution < 1.29 is 23.7 Å². The summed E-state index contributed by atoms with van der Waals surface area (Å²) in [6.07, 6.45) is 7.87. The maximum Gasteiger partial charge on any atom is 0.256 e. The van der Waals surface area contributed by atoms with Crippen LogP contribution in [0.25, 0.3) is 0 Å². The molecule has 2 aliphatic rings. The Labute approximate surface area is 248 Å². The van der Waals surface area contributed by atoms with Gasteiger partial charge in [0.2, 0.25) is 0 Å². The zero-order valence-electron chi connectivity index (χ0n) is 25.1. The average Bonchev–Trinajstić information content (AvgIpc) is 3.41. The number of unbranched alkanes of at least 4 members (excludes halogenated alkanes) is 3. The lowest BCUT2D eigenvalue weighted by Gasteiger charge is -2.20. The van der Waals surface area contributed by atoms with E-state index in [0.717, 1.165) is 79.0 Å². The first-order valence-electron chi connectivity index (χ1n) is 14.8. The molecular formula is C34H41N3O5. The first-order valence-corrected chi connectivity index (χ1v) is 14.8. The Kier molecular flexibility index (Phi) is 9.20. The van der Waals surface area contributed by atoms with Crippen LogP contribution in [0.5, 0.6) is 28.7 Å². The van der Waals surface area contributed by atoms with Crippen LogP contribution in [-0.2, 0) is 0 Å². The second-order valence-corrected chi connectivity index (χ2v) is 11.1. The number of fused-ring (bicyclic) bond motifs is 2. The van der Waals surface area contributed by atoms with Crippen LogP contribution >= 0.6 is 0 Å². The fraction of sp³-hybridized carbons (Fsp3) is 0.412. The lowest BCUT2D eigenvalue weighted by Crippen LogP contribution is -2.35. The molecule has 0 bridgehead atoms. The van der Waals surface area contributed by atoms with Gasteiger partial charge in [0.05, 0.1) is 43.3 Å². The monoisotopic (exact) mass is 571 g/mol. The Bertz CT molecular complexity index is 1470. The summed E-state index contributed by atoms with van der Waals surface area (Å²) in [6.45, 7) is 8.06. The van der Waals surface area contributed by atoms with Gasteiger partial charge in [-0.25, -0.2) is 0 Å². The van der Waals surface area contributed by atoms with Crippen LogP contribution in [0.1, 0.15) is 65.6 Å². The molecule has 3 aromatic carbocycles. The van der Waals surface area contributed by atoms with Crippen molar-refractivity contribution in [3.63, 3.8) is 0 Å². The lowest BCUT2D eigenvalue weighted by molar-refractivity contribution is 0.0774. The third-order valence-electron chi connectivity index (χ3n) is 8.06. The van der Waals surface area contributed by atoms with Gasteiger partial charge in [0.15, 0.2) is 5.75 Å². The Balaban J connectivity index is 1.05. The van der Waals surface area contributed by atoms with E-state index in [2.05, 4.69) is 4.99 Å². The zero-order valence-corrected chi connectivity index (χ0v) is 25.1. The number of nitrogens with zero attached hydrogens (tertiary/aromatic N) is 2. The van der Waals surface area contributed by atoms with Crippen molar-refractivity contribution in [3.8, 4) is 28.7 Å². The van der Waals surface area contributed by atoms with E-state index in [1.807, 2.05) is 68.3 Å². The van der Waals surface area contributed by atoms with E-state index in [1.165, 1.54) is 0 Å². The highest BCUT2D eigenvalue weighted by Gasteiger charge is 2.32. The number of rotatable bonds is 12. The van der Waals surface area contributed by atoms with Crippen LogP contribution in [0.4, 0.5) is 11.4 Å². The minimum atomic E-state index is 0.0756. The van der Waals surface area contributed by atoms with Gasteiger partial charge in [-0.05, 0) is 100 Å². The van der Waals surface area contributed by atoms with Gasteiger partial charge in [-0.3, -0.25) is 9.79 Å². The molecule has 8 nitrogen and oxygen atoms in total. The third-order valence-corrected chi connectivity index (χ3v) is 8.06. The van der Waals surface area contributed by atoms with E-state index in [4.69, 9.17) is 24.7 Å². The number of hydrogen-bond acceptors (Lipinski definition) is 7. The van der Waals surface area contributed by atoms with Crippen LogP contribution < -0.4 is 24.7 Å². The van der Waals surface area contributed by atoms with Crippen LogP contribution in [-0.4, -0.2) is 49.9 Å². The van der Waals surface area contributed by atoms with Gasteiger partial charge in [-0.2, -0.15) is 0 Å². The number of amides is 1. The van der Waals surface area contributed by atoms with Crippen molar-refractivity contribution in [2.24, 2.45) is 4.99 Å². The lowest BCUT2D eigenvalue weighted by atomic mass is 10.1. The number of aryl methyl sites for hydroxylation is 2. The van der Waals surface area contributed by atoms with Crippen molar-refractivity contribution in [3.05, 3.63) is 64.7 Å². The molecule has 0 spiro atoms. The summed E-state index contributed by atoms with van der Waals surface area (Å²) < 4.78 is 23.6. The zero-order chi connectivity index (χ0) is 29.6. The molecule has 1 fully saturated rings. The predicted octanol–water partition coefficient (Wildman–Crippen LogP) is 7.33. The van der Waals surface area contributed by atoms with Crippen molar-refractivity contribution in [2.45, 2.75) is 65.3 Å². The number of aliphatic imine (C=N–C) groups is 1. The fourth-order valence-corrected chi connectivity index (χ4v) is 5.45. The maximum absolute atomic E-state index is 13.0. The second-order valence-electron chi connectivity index (χ2n) is 11.1. The van der Waals surface area contributed by atoms with Crippen LogP contribution in [0, 0.1) is 20.8 Å². The summed E-state index contributed by atoms with van der Waals surface area (Å²) in [5.74, 6) is 3.59. The van der Waals surface area contributed by atoms with Crippen LogP contribution in [0.15, 0.2) is 47.5 Å². The van der Waals surface area contributed by atoms with Crippen molar-refractivity contribution in [1.82, 2.24) is 4.90 Å². The molecule has 222 valence electrons. The topological polar surface area (TPSA) is 95.6 Å². The molecule has 2 aliphatic heterocycles. The van der Waals surface area contributed by atoms with E-state index in [1.54, 1.807) is 13.2 Å². The molecule has 5 rings (SSSR count). The van der Waals surface area contributed by atoms with E-state index in [9.17, 15) is 4.79 Å². The minimum absolute atomic E-state index is 0.0756. The number of nitrogens with two attached hydrogens (primary N) is 1. The molecule has 0 unspecified atom stereocenters. The molecule has 0 aliphatic carbocycles. The Morgan fingerprint density at radius 1 is 0.881 bits per heavy atom. The molecular weight excluding hydrogens is 530 g/mol. The molecule has 0 saturated carbocycles. The molecule has 3 aromatic rings. The van der Waals surface area contributed by atoms with Crippen molar-refractivity contribution >= 4 is 23.5 Å². The smallest absolute Gasteiger partial charge is 0.256 e. The predicted molar refractivity (Wildman–Crippen MR) is 166 cm³/mol. The number of carbonyl (C=O) groups excluding carboxylic acids is 1. The molecule has 42 heavy (non-hydrogen) atoms. The molecule has 2 heterocycles. The SMILES string of the molecule is COc1cc(Oc2cc(OCCCCCCOc3cc4c(cc3C)C(=O)N3CCC[C@H]3C=N4)ccc2N)cc(C)c1C. The highest BCUT2D eigenvalue weighted by molar-refractivity contribution is 6.03. The Morgan fingerprint density at radius 3 is 2.43 bits per heavy atom. The normalized spacial score (nSPS) is 15.7. The van der Waals surface area contributed by atoms with Crippen molar-refractivity contribution in [1.29, 1.82) is 0 Å². The van der Waals surface area contributed by atoms with Crippen LogP contribution in [0.2, 0.25) is 0 Å². The standard InChI is InChI=1S/C34H41N3O5/c1-22-16-27(19-32(39-4)24(22)3)42-33-18-26(11-12-29(33)35)40-14-7-5-6-8-15-41-31-20-30-28(17-23(31)2)34(38)37-13-9-10-25(37)21-36-30/h11-12,16-21,25H,5-10,13-15,35H2,1-4H3/t25-/m0/s1. The molecule has 0 aromatic heterocycles. The van der Waals surface area contributed by atoms with E-state index >= 15 is 0 Å². The largest absolute Gasteiger partial charge is 0.496 e. The average molecular weight is 572 g/mol. The van der Waals surface area contributed by atoms with Gasteiger partial charge in [0, 0.05) is 31.0 Å². The van der Waals surface area contributed by atoms with E-state index in [-0.39, 0.29) is 11.9 Å². The number of ether oxygens (including phenoxy) is 4.